The Bertz CT molecular complexity index is 1380. The highest BCUT2D eigenvalue weighted by Gasteiger charge is 2.22. The van der Waals surface area contributed by atoms with Gasteiger partial charge in [-0.25, -0.2) is 4.98 Å². The van der Waals surface area contributed by atoms with E-state index in [0.29, 0.717) is 28.5 Å². The van der Waals surface area contributed by atoms with Crippen molar-refractivity contribution in [3.8, 4) is 0 Å². The van der Waals surface area contributed by atoms with Crippen molar-refractivity contribution in [2.24, 2.45) is 7.05 Å². The molecule has 9 heteroatoms. The summed E-state index contributed by atoms with van der Waals surface area (Å²) in [6.45, 7) is 10.2. The molecule has 0 bridgehead atoms. The summed E-state index contributed by atoms with van der Waals surface area (Å²) in [5, 5.41) is 8.02. The fourth-order valence-corrected chi connectivity index (χ4v) is 3.73. The molecule has 0 aliphatic heterocycles. The highest BCUT2D eigenvalue weighted by atomic mass is 16.1. The summed E-state index contributed by atoms with van der Waals surface area (Å²) in [5.41, 5.74) is 2.12. The number of amides is 1. The summed E-state index contributed by atoms with van der Waals surface area (Å²) in [7, 11) is 1.77. The Labute approximate surface area is 198 Å². The molecule has 0 saturated heterocycles. The van der Waals surface area contributed by atoms with Crippen LogP contribution >= 0.6 is 0 Å². The molecule has 4 heterocycles. The van der Waals surface area contributed by atoms with Gasteiger partial charge in [0.25, 0.3) is 0 Å². The van der Waals surface area contributed by atoms with Crippen LogP contribution in [0.5, 0.6) is 0 Å². The summed E-state index contributed by atoms with van der Waals surface area (Å²) in [5.74, 6) is 0.811. The second-order valence-electron chi connectivity index (χ2n) is 9.68. The molecule has 34 heavy (non-hydrogen) atoms. The molecular weight excluding hydrogens is 430 g/mol. The van der Waals surface area contributed by atoms with Crippen LogP contribution < -0.4 is 5.32 Å². The van der Waals surface area contributed by atoms with Gasteiger partial charge in [-0.3, -0.25) is 24.2 Å². The van der Waals surface area contributed by atoms with Crippen molar-refractivity contribution >= 4 is 28.3 Å². The fraction of sp³-hybridized carbons (Fsp3) is 0.360. The molecule has 0 atom stereocenters. The lowest BCUT2D eigenvalue weighted by Gasteiger charge is -2.12. The summed E-state index contributed by atoms with van der Waals surface area (Å²) in [6.07, 6.45) is 8.36. The number of nitrogens with zero attached hydrogens (tertiary/aromatic N) is 6. The van der Waals surface area contributed by atoms with Gasteiger partial charge < -0.3 is 9.88 Å². The summed E-state index contributed by atoms with van der Waals surface area (Å²) in [6, 6.07) is 3.73. The molecule has 4 aromatic heterocycles. The molecular formula is C25H29N7O2. The molecule has 9 nitrogen and oxygen atoms in total. The van der Waals surface area contributed by atoms with E-state index < -0.39 is 0 Å². The molecule has 1 amide bonds. The predicted molar refractivity (Wildman–Crippen MR) is 130 cm³/mol. The number of hydrogen-bond acceptors (Lipinski definition) is 6. The van der Waals surface area contributed by atoms with Crippen LogP contribution in [-0.2, 0) is 23.7 Å². The average molecular weight is 460 g/mol. The minimum absolute atomic E-state index is 0.0608. The van der Waals surface area contributed by atoms with Crippen molar-refractivity contribution in [2.75, 3.05) is 5.32 Å². The van der Waals surface area contributed by atoms with Gasteiger partial charge in [0.1, 0.15) is 5.82 Å². The third-order valence-corrected chi connectivity index (χ3v) is 5.56. The molecule has 0 aliphatic carbocycles. The van der Waals surface area contributed by atoms with Gasteiger partial charge in [-0.15, -0.1) is 0 Å². The minimum atomic E-state index is -0.261. The van der Waals surface area contributed by atoms with Gasteiger partial charge in [-0.05, 0) is 26.0 Å². The van der Waals surface area contributed by atoms with Crippen molar-refractivity contribution in [3.63, 3.8) is 0 Å². The molecule has 0 radical (unpaired) electrons. The van der Waals surface area contributed by atoms with Crippen LogP contribution in [0.25, 0.3) is 10.9 Å². The number of ketones is 1. The maximum atomic E-state index is 13.4. The van der Waals surface area contributed by atoms with E-state index in [9.17, 15) is 9.59 Å². The topological polar surface area (TPSA) is 108 Å². The van der Waals surface area contributed by atoms with Gasteiger partial charge >= 0.3 is 0 Å². The second-order valence-corrected chi connectivity index (χ2v) is 9.68. The van der Waals surface area contributed by atoms with Crippen LogP contribution in [-0.4, -0.2) is 41.0 Å². The first-order chi connectivity index (χ1) is 16.0. The van der Waals surface area contributed by atoms with Crippen molar-refractivity contribution in [3.05, 3.63) is 65.9 Å². The number of aromatic nitrogens is 6. The van der Waals surface area contributed by atoms with Gasteiger partial charge in [0, 0.05) is 59.8 Å². The van der Waals surface area contributed by atoms with Crippen molar-refractivity contribution in [2.45, 2.75) is 52.5 Å². The number of pyridine rings is 2. The van der Waals surface area contributed by atoms with E-state index in [0.717, 1.165) is 10.9 Å². The fourth-order valence-electron chi connectivity index (χ4n) is 3.73. The van der Waals surface area contributed by atoms with Crippen LogP contribution in [0.3, 0.4) is 0 Å². The molecule has 4 aromatic rings. The van der Waals surface area contributed by atoms with Gasteiger partial charge in [0.05, 0.1) is 23.8 Å². The quantitative estimate of drug-likeness (QED) is 0.439. The lowest BCUT2D eigenvalue weighted by atomic mass is 9.96. The maximum Gasteiger partial charge on any atom is 0.232 e. The number of aryl methyl sites for hydroxylation is 1. The molecule has 0 aliphatic rings. The third kappa shape index (κ3) is 4.59. The molecule has 0 aromatic carbocycles. The zero-order chi connectivity index (χ0) is 24.6. The van der Waals surface area contributed by atoms with Gasteiger partial charge in [0.15, 0.2) is 11.6 Å². The minimum Gasteiger partial charge on any atom is -0.344 e. The van der Waals surface area contributed by atoms with E-state index in [-0.39, 0.29) is 29.6 Å². The normalized spacial score (nSPS) is 11.9. The predicted octanol–water partition coefficient (Wildman–Crippen LogP) is 3.85. The zero-order valence-electron chi connectivity index (χ0n) is 20.3. The Balaban J connectivity index is 1.55. The van der Waals surface area contributed by atoms with E-state index in [1.54, 1.807) is 30.2 Å². The molecule has 0 unspecified atom stereocenters. The first kappa shape index (κ1) is 23.3. The lowest BCUT2D eigenvalue weighted by Crippen LogP contribution is -2.17. The smallest absolute Gasteiger partial charge is 0.232 e. The number of hydrogen-bond donors (Lipinski definition) is 1. The Morgan fingerprint density at radius 2 is 1.88 bits per heavy atom. The van der Waals surface area contributed by atoms with Crippen LogP contribution in [0.1, 0.15) is 68.2 Å². The second kappa shape index (κ2) is 8.81. The highest BCUT2D eigenvalue weighted by Crippen LogP contribution is 2.26. The number of rotatable bonds is 6. The van der Waals surface area contributed by atoms with E-state index in [2.05, 4.69) is 43.8 Å². The first-order valence-electron chi connectivity index (χ1n) is 11.2. The monoisotopic (exact) mass is 459 g/mol. The van der Waals surface area contributed by atoms with E-state index in [1.165, 1.54) is 12.4 Å². The van der Waals surface area contributed by atoms with Crippen molar-refractivity contribution < 1.29 is 9.59 Å². The van der Waals surface area contributed by atoms with Crippen LogP contribution in [0.4, 0.5) is 5.69 Å². The van der Waals surface area contributed by atoms with Gasteiger partial charge in [0.2, 0.25) is 5.91 Å². The number of carbonyl (C=O) groups is 2. The first-order valence-corrected chi connectivity index (χ1v) is 11.2. The summed E-state index contributed by atoms with van der Waals surface area (Å²) in [4.78, 5) is 38.9. The molecule has 0 fully saturated rings. The Morgan fingerprint density at radius 1 is 1.12 bits per heavy atom. The van der Waals surface area contributed by atoms with Gasteiger partial charge in [-0.2, -0.15) is 5.10 Å². The Kier molecular flexibility index (Phi) is 6.03. The van der Waals surface area contributed by atoms with Crippen LogP contribution in [0.2, 0.25) is 0 Å². The van der Waals surface area contributed by atoms with E-state index in [4.69, 9.17) is 0 Å². The van der Waals surface area contributed by atoms with Gasteiger partial charge in [-0.1, -0.05) is 20.8 Å². The number of nitrogens with one attached hydrogen (secondary N) is 1. The van der Waals surface area contributed by atoms with Crippen molar-refractivity contribution in [1.82, 2.24) is 29.3 Å². The molecule has 0 saturated carbocycles. The molecule has 0 spiro atoms. The highest BCUT2D eigenvalue weighted by molar-refractivity contribution is 6.16. The summed E-state index contributed by atoms with van der Waals surface area (Å²) < 4.78 is 3.67. The third-order valence-electron chi connectivity index (χ3n) is 5.56. The number of fused-ring (bicyclic) bond motifs is 1. The molecule has 4 rings (SSSR count). The van der Waals surface area contributed by atoms with E-state index in [1.807, 2.05) is 33.0 Å². The number of carbonyl (C=O) groups excluding carboxylic acids is 2. The number of anilines is 1. The molecule has 176 valence electrons. The zero-order valence-corrected chi connectivity index (χ0v) is 20.3. The summed E-state index contributed by atoms with van der Waals surface area (Å²) >= 11 is 0. The maximum absolute atomic E-state index is 13.4. The largest absolute Gasteiger partial charge is 0.344 e. The Morgan fingerprint density at radius 3 is 2.56 bits per heavy atom. The molecule has 1 N–H and O–H groups in total. The van der Waals surface area contributed by atoms with Crippen LogP contribution in [0, 0.1) is 0 Å². The lowest BCUT2D eigenvalue weighted by molar-refractivity contribution is -0.115. The average Bonchev–Trinajstić information content (AvgIpc) is 3.34. The van der Waals surface area contributed by atoms with Crippen LogP contribution in [0.15, 0.2) is 43.1 Å². The standard InChI is InChI=1S/C25H29N7O2/c1-15(2)32-14-19(18-13-26-8-7-20(18)32)23(34)16-9-17(12-27-11-16)28-22(33)10-21-29-24(25(3,4)5)30-31(21)6/h7-9,11-15H,10H2,1-6H3,(H,28,33). The van der Waals surface area contributed by atoms with Crippen molar-refractivity contribution in [1.29, 1.82) is 0 Å². The van der Waals surface area contributed by atoms with E-state index >= 15 is 0 Å². The Hall–Kier alpha value is -3.88. The SMILES string of the molecule is CC(C)n1cc(C(=O)c2cncc(NC(=O)Cc3nc(C(C)(C)C)nn3C)c2)c2cnccc21.